The normalized spacial score (nSPS) is 16.1. The number of hydrogen-bond acceptors (Lipinski definition) is 3. The molecule has 5 nitrogen and oxygen atoms in total. The van der Waals surface area contributed by atoms with E-state index in [1.54, 1.807) is 0 Å². The average Bonchev–Trinajstić information content (AvgIpc) is 2.67. The summed E-state index contributed by atoms with van der Waals surface area (Å²) in [7, 11) is 0. The number of carbonyl (C=O) groups is 2. The first kappa shape index (κ1) is 20.9. The van der Waals surface area contributed by atoms with Gasteiger partial charge in [-0.15, -0.1) is 12.4 Å². The van der Waals surface area contributed by atoms with Crippen LogP contribution in [0.1, 0.15) is 40.7 Å². The van der Waals surface area contributed by atoms with Crippen molar-refractivity contribution in [2.24, 2.45) is 0 Å². The molecule has 1 aliphatic heterocycles. The van der Waals surface area contributed by atoms with Crippen molar-refractivity contribution in [2.45, 2.75) is 38.8 Å². The van der Waals surface area contributed by atoms with Crippen LogP contribution < -0.4 is 16.0 Å². The Morgan fingerprint density at radius 2 is 1.89 bits per heavy atom. The van der Waals surface area contributed by atoms with Crippen molar-refractivity contribution in [1.82, 2.24) is 10.6 Å². The van der Waals surface area contributed by atoms with Gasteiger partial charge in [-0.05, 0) is 56.1 Å². The molecule has 3 rings (SSSR count). The summed E-state index contributed by atoms with van der Waals surface area (Å²) < 4.78 is 0. The Hall–Kier alpha value is -2.37. The van der Waals surface area contributed by atoms with E-state index in [2.05, 4.69) is 16.0 Å². The second kappa shape index (κ2) is 10.1. The Balaban J connectivity index is 0.00000261. The standard InChI is InChI=1S/C21H25N3O2.ClH/c1-15-8-10-17(11-9-15)20(25)24-18-6-4-5-16(13-18)14-23-21(26)19-7-2-3-12-22-19;/h4-6,8-11,13,19,22H,2-3,7,12,14H2,1H3,(H,23,26)(H,24,25);1H. The largest absolute Gasteiger partial charge is 0.351 e. The third-order valence-corrected chi connectivity index (χ3v) is 4.59. The van der Waals surface area contributed by atoms with Gasteiger partial charge in [0, 0.05) is 17.8 Å². The van der Waals surface area contributed by atoms with E-state index in [1.165, 1.54) is 0 Å². The van der Waals surface area contributed by atoms with Gasteiger partial charge in [-0.3, -0.25) is 9.59 Å². The molecule has 1 saturated heterocycles. The van der Waals surface area contributed by atoms with Gasteiger partial charge in [-0.1, -0.05) is 36.2 Å². The van der Waals surface area contributed by atoms with Crippen molar-refractivity contribution in [1.29, 1.82) is 0 Å². The zero-order valence-corrected chi connectivity index (χ0v) is 16.3. The van der Waals surface area contributed by atoms with E-state index < -0.39 is 0 Å². The summed E-state index contributed by atoms with van der Waals surface area (Å²) >= 11 is 0. The molecule has 1 aliphatic rings. The van der Waals surface area contributed by atoms with Gasteiger partial charge in [0.1, 0.15) is 0 Å². The highest BCUT2D eigenvalue weighted by Gasteiger charge is 2.19. The van der Waals surface area contributed by atoms with E-state index in [9.17, 15) is 9.59 Å². The summed E-state index contributed by atoms with van der Waals surface area (Å²) in [5, 5.41) is 9.12. The fourth-order valence-electron chi connectivity index (χ4n) is 3.06. The second-order valence-electron chi connectivity index (χ2n) is 6.74. The zero-order valence-electron chi connectivity index (χ0n) is 15.5. The first-order valence-electron chi connectivity index (χ1n) is 9.10. The minimum atomic E-state index is -0.141. The quantitative estimate of drug-likeness (QED) is 0.736. The fraction of sp³-hybridized carbons (Fsp3) is 0.333. The Kier molecular flexibility index (Phi) is 7.82. The Labute approximate surface area is 166 Å². The van der Waals surface area contributed by atoms with Crippen molar-refractivity contribution in [2.75, 3.05) is 11.9 Å². The predicted octanol–water partition coefficient (Wildman–Crippen LogP) is 3.43. The minimum Gasteiger partial charge on any atom is -0.351 e. The van der Waals surface area contributed by atoms with E-state index in [-0.39, 0.29) is 30.3 Å². The van der Waals surface area contributed by atoms with Gasteiger partial charge in [0.25, 0.3) is 5.91 Å². The smallest absolute Gasteiger partial charge is 0.255 e. The van der Waals surface area contributed by atoms with Crippen LogP contribution in [0.15, 0.2) is 48.5 Å². The first-order chi connectivity index (χ1) is 12.6. The molecule has 0 radical (unpaired) electrons. The second-order valence-corrected chi connectivity index (χ2v) is 6.74. The molecule has 3 N–H and O–H groups in total. The lowest BCUT2D eigenvalue weighted by molar-refractivity contribution is -0.123. The molecule has 1 atom stereocenters. The molecule has 0 spiro atoms. The van der Waals surface area contributed by atoms with E-state index in [1.807, 2.05) is 55.5 Å². The molecule has 144 valence electrons. The minimum absolute atomic E-state index is 0. The lowest BCUT2D eigenvalue weighted by atomic mass is 10.0. The van der Waals surface area contributed by atoms with Crippen LogP contribution in [0.4, 0.5) is 5.69 Å². The number of amides is 2. The molecule has 1 heterocycles. The number of anilines is 1. The number of aryl methyl sites for hydroxylation is 1. The number of carbonyl (C=O) groups excluding carboxylic acids is 2. The lowest BCUT2D eigenvalue weighted by Gasteiger charge is -2.22. The van der Waals surface area contributed by atoms with Crippen LogP contribution in [0.25, 0.3) is 0 Å². The zero-order chi connectivity index (χ0) is 18.4. The highest BCUT2D eigenvalue weighted by Crippen LogP contribution is 2.13. The van der Waals surface area contributed by atoms with Crippen LogP contribution >= 0.6 is 12.4 Å². The Morgan fingerprint density at radius 1 is 1.11 bits per heavy atom. The van der Waals surface area contributed by atoms with Crippen molar-refractivity contribution < 1.29 is 9.59 Å². The van der Waals surface area contributed by atoms with E-state index in [0.29, 0.717) is 12.1 Å². The number of hydrogen-bond donors (Lipinski definition) is 3. The molecule has 0 aromatic heterocycles. The summed E-state index contributed by atoms with van der Waals surface area (Å²) in [4.78, 5) is 24.5. The number of benzene rings is 2. The molecule has 2 aromatic rings. The van der Waals surface area contributed by atoms with E-state index in [0.717, 1.165) is 42.6 Å². The molecule has 0 bridgehead atoms. The monoisotopic (exact) mass is 387 g/mol. The van der Waals surface area contributed by atoms with Crippen molar-refractivity contribution in [3.05, 3.63) is 65.2 Å². The van der Waals surface area contributed by atoms with Crippen LogP contribution in [0.3, 0.4) is 0 Å². The molecule has 1 fully saturated rings. The van der Waals surface area contributed by atoms with Crippen LogP contribution in [0.5, 0.6) is 0 Å². The predicted molar refractivity (Wildman–Crippen MR) is 110 cm³/mol. The Morgan fingerprint density at radius 3 is 2.59 bits per heavy atom. The summed E-state index contributed by atoms with van der Waals surface area (Å²) in [6.07, 6.45) is 3.11. The SMILES string of the molecule is Cc1ccc(C(=O)Nc2cccc(CNC(=O)C3CCCCN3)c2)cc1.Cl. The summed E-state index contributed by atoms with van der Waals surface area (Å²) in [5.41, 5.74) is 3.42. The first-order valence-corrected chi connectivity index (χ1v) is 9.10. The summed E-state index contributed by atoms with van der Waals surface area (Å²) in [6, 6.07) is 14.9. The average molecular weight is 388 g/mol. The number of nitrogens with one attached hydrogen (secondary N) is 3. The maximum atomic E-state index is 12.3. The van der Waals surface area contributed by atoms with Crippen molar-refractivity contribution in [3.63, 3.8) is 0 Å². The van der Waals surface area contributed by atoms with Gasteiger partial charge in [0.2, 0.25) is 5.91 Å². The molecule has 6 heteroatoms. The van der Waals surface area contributed by atoms with Gasteiger partial charge in [0.15, 0.2) is 0 Å². The van der Waals surface area contributed by atoms with Crippen LogP contribution in [0.2, 0.25) is 0 Å². The molecule has 0 saturated carbocycles. The van der Waals surface area contributed by atoms with Crippen LogP contribution in [-0.2, 0) is 11.3 Å². The maximum Gasteiger partial charge on any atom is 0.255 e. The number of rotatable bonds is 5. The molecule has 2 amide bonds. The van der Waals surface area contributed by atoms with Gasteiger partial charge < -0.3 is 16.0 Å². The molecule has 1 unspecified atom stereocenters. The van der Waals surface area contributed by atoms with Gasteiger partial charge in [-0.2, -0.15) is 0 Å². The Bertz CT molecular complexity index is 771. The van der Waals surface area contributed by atoms with Crippen molar-refractivity contribution in [3.8, 4) is 0 Å². The van der Waals surface area contributed by atoms with Crippen LogP contribution in [-0.4, -0.2) is 24.4 Å². The molecule has 2 aromatic carbocycles. The lowest BCUT2D eigenvalue weighted by Crippen LogP contribution is -2.46. The molecule has 27 heavy (non-hydrogen) atoms. The summed E-state index contributed by atoms with van der Waals surface area (Å²) in [6.45, 7) is 3.34. The highest BCUT2D eigenvalue weighted by atomic mass is 35.5. The van der Waals surface area contributed by atoms with E-state index in [4.69, 9.17) is 0 Å². The van der Waals surface area contributed by atoms with E-state index >= 15 is 0 Å². The van der Waals surface area contributed by atoms with Crippen molar-refractivity contribution >= 4 is 29.9 Å². The molecular weight excluding hydrogens is 362 g/mol. The number of halogens is 1. The van der Waals surface area contributed by atoms with Crippen LogP contribution in [0, 0.1) is 6.92 Å². The third-order valence-electron chi connectivity index (χ3n) is 4.59. The fourth-order valence-corrected chi connectivity index (χ4v) is 3.06. The van der Waals surface area contributed by atoms with Gasteiger partial charge in [-0.25, -0.2) is 0 Å². The number of piperidine rings is 1. The summed E-state index contributed by atoms with van der Waals surface area (Å²) in [5.74, 6) is -0.101. The van der Waals surface area contributed by atoms with Gasteiger partial charge >= 0.3 is 0 Å². The molecular formula is C21H26ClN3O2. The highest BCUT2D eigenvalue weighted by molar-refractivity contribution is 6.04. The topological polar surface area (TPSA) is 70.2 Å². The van der Waals surface area contributed by atoms with Gasteiger partial charge in [0.05, 0.1) is 6.04 Å². The third kappa shape index (κ3) is 6.08. The molecule has 0 aliphatic carbocycles. The maximum absolute atomic E-state index is 12.3.